The fourth-order valence-electron chi connectivity index (χ4n) is 1.04. The quantitative estimate of drug-likeness (QED) is 0.508. The van der Waals surface area contributed by atoms with E-state index in [1.165, 1.54) is 0 Å². The molecule has 1 unspecified atom stereocenters. The summed E-state index contributed by atoms with van der Waals surface area (Å²) in [4.78, 5) is 10.3. The Balaban J connectivity index is 3.50. The maximum absolute atomic E-state index is 11.7. The number of halogens is 3. The molecule has 0 N–H and O–H groups in total. The Kier molecular flexibility index (Phi) is 7.12. The first-order chi connectivity index (χ1) is 7.38. The summed E-state index contributed by atoms with van der Waals surface area (Å²) in [5.74, 6) is -2.17. The minimum atomic E-state index is -4.92. The van der Waals surface area contributed by atoms with E-state index in [0.717, 1.165) is 19.3 Å². The first kappa shape index (κ1) is 15.2. The maximum Gasteiger partial charge on any atom is 0.490 e. The van der Waals surface area contributed by atoms with E-state index >= 15 is 0 Å². The summed E-state index contributed by atoms with van der Waals surface area (Å²) in [6.45, 7) is 3.50. The summed E-state index contributed by atoms with van der Waals surface area (Å²) < 4.78 is 44.2. The standard InChI is InChI=1S/C10H17F3O3/c1-3-4-5-8(2)15-6-7-16-9(14)10(11,12)13/h8H,3-7H2,1-2H3. The molecule has 0 saturated heterocycles. The van der Waals surface area contributed by atoms with Gasteiger partial charge in [0.25, 0.3) is 0 Å². The average Bonchev–Trinajstić information content (AvgIpc) is 2.19. The second kappa shape index (κ2) is 7.49. The predicted octanol–water partition coefficient (Wildman–Crippen LogP) is 2.69. The van der Waals surface area contributed by atoms with Crippen LogP contribution in [0.15, 0.2) is 0 Å². The zero-order chi connectivity index (χ0) is 12.6. The van der Waals surface area contributed by atoms with Gasteiger partial charge >= 0.3 is 12.1 Å². The molecule has 0 aromatic rings. The van der Waals surface area contributed by atoms with Crippen LogP contribution in [0.25, 0.3) is 0 Å². The number of hydrogen-bond acceptors (Lipinski definition) is 3. The molecule has 16 heavy (non-hydrogen) atoms. The van der Waals surface area contributed by atoms with Crippen LogP contribution in [0.3, 0.4) is 0 Å². The van der Waals surface area contributed by atoms with Gasteiger partial charge in [0.05, 0.1) is 12.7 Å². The van der Waals surface area contributed by atoms with Gasteiger partial charge in [-0.1, -0.05) is 19.8 Å². The van der Waals surface area contributed by atoms with Gasteiger partial charge in [-0.2, -0.15) is 13.2 Å². The van der Waals surface area contributed by atoms with Crippen molar-refractivity contribution in [3.63, 3.8) is 0 Å². The molecule has 1 atom stereocenters. The Morgan fingerprint density at radius 3 is 2.44 bits per heavy atom. The Morgan fingerprint density at radius 1 is 1.31 bits per heavy atom. The van der Waals surface area contributed by atoms with Gasteiger partial charge in [-0.25, -0.2) is 4.79 Å². The normalized spacial score (nSPS) is 13.6. The largest absolute Gasteiger partial charge is 0.490 e. The lowest BCUT2D eigenvalue weighted by Gasteiger charge is -2.12. The van der Waals surface area contributed by atoms with Crippen LogP contribution < -0.4 is 0 Å². The highest BCUT2D eigenvalue weighted by molar-refractivity contribution is 5.75. The van der Waals surface area contributed by atoms with Crippen LogP contribution in [-0.4, -0.2) is 31.5 Å². The van der Waals surface area contributed by atoms with Gasteiger partial charge in [0.15, 0.2) is 0 Å². The number of alkyl halides is 3. The van der Waals surface area contributed by atoms with E-state index in [9.17, 15) is 18.0 Å². The third kappa shape index (κ3) is 7.50. The van der Waals surface area contributed by atoms with E-state index in [1.54, 1.807) is 0 Å². The summed E-state index contributed by atoms with van der Waals surface area (Å²) in [5, 5.41) is 0. The fraction of sp³-hybridized carbons (Fsp3) is 0.900. The van der Waals surface area contributed by atoms with E-state index in [0.29, 0.717) is 0 Å². The molecule has 0 aromatic heterocycles. The summed E-state index contributed by atoms with van der Waals surface area (Å²) in [6.07, 6.45) is -2.05. The van der Waals surface area contributed by atoms with Crippen LogP contribution in [0.4, 0.5) is 13.2 Å². The van der Waals surface area contributed by atoms with Crippen LogP contribution in [0.5, 0.6) is 0 Å². The van der Waals surface area contributed by atoms with Gasteiger partial charge in [0.1, 0.15) is 6.61 Å². The number of unbranched alkanes of at least 4 members (excludes halogenated alkanes) is 1. The minimum Gasteiger partial charge on any atom is -0.457 e. The smallest absolute Gasteiger partial charge is 0.457 e. The third-order valence-electron chi connectivity index (χ3n) is 1.91. The molecule has 0 aliphatic heterocycles. The van der Waals surface area contributed by atoms with Crippen LogP contribution in [0, 0.1) is 0 Å². The summed E-state index contributed by atoms with van der Waals surface area (Å²) in [7, 11) is 0. The molecule has 0 aromatic carbocycles. The molecule has 0 bridgehead atoms. The highest BCUT2D eigenvalue weighted by Crippen LogP contribution is 2.16. The van der Waals surface area contributed by atoms with E-state index in [1.807, 2.05) is 13.8 Å². The molecule has 3 nitrogen and oxygen atoms in total. The van der Waals surface area contributed by atoms with Gasteiger partial charge in [-0.15, -0.1) is 0 Å². The number of carbonyl (C=O) groups excluding carboxylic acids is 1. The Morgan fingerprint density at radius 2 is 1.94 bits per heavy atom. The number of rotatable bonds is 7. The van der Waals surface area contributed by atoms with Crippen molar-refractivity contribution in [3.8, 4) is 0 Å². The first-order valence-corrected chi connectivity index (χ1v) is 5.23. The molecule has 0 amide bonds. The van der Waals surface area contributed by atoms with Gasteiger partial charge in [-0.05, 0) is 13.3 Å². The lowest BCUT2D eigenvalue weighted by molar-refractivity contribution is -0.201. The topological polar surface area (TPSA) is 35.5 Å². The molecule has 0 fully saturated rings. The second-order valence-corrected chi connectivity index (χ2v) is 3.46. The van der Waals surface area contributed by atoms with Crippen molar-refractivity contribution < 1.29 is 27.4 Å². The summed E-state index contributed by atoms with van der Waals surface area (Å²) >= 11 is 0. The van der Waals surface area contributed by atoms with Crippen molar-refractivity contribution in [3.05, 3.63) is 0 Å². The summed E-state index contributed by atoms with van der Waals surface area (Å²) in [5.41, 5.74) is 0. The van der Waals surface area contributed by atoms with Crippen LogP contribution >= 0.6 is 0 Å². The van der Waals surface area contributed by atoms with Gasteiger partial charge in [-0.3, -0.25) is 0 Å². The molecule has 0 radical (unpaired) electrons. The van der Waals surface area contributed by atoms with Crippen molar-refractivity contribution in [2.75, 3.05) is 13.2 Å². The van der Waals surface area contributed by atoms with Crippen LogP contribution in [-0.2, 0) is 14.3 Å². The van der Waals surface area contributed by atoms with Crippen molar-refractivity contribution in [2.24, 2.45) is 0 Å². The van der Waals surface area contributed by atoms with Crippen LogP contribution in [0.2, 0.25) is 0 Å². The zero-order valence-corrected chi connectivity index (χ0v) is 9.47. The van der Waals surface area contributed by atoms with E-state index in [2.05, 4.69) is 4.74 Å². The Bertz CT molecular complexity index is 204. The third-order valence-corrected chi connectivity index (χ3v) is 1.91. The number of ether oxygens (including phenoxy) is 2. The molecule has 0 rings (SSSR count). The molecule has 0 heterocycles. The van der Waals surface area contributed by atoms with E-state index in [4.69, 9.17) is 4.74 Å². The monoisotopic (exact) mass is 242 g/mol. The number of esters is 1. The fourth-order valence-corrected chi connectivity index (χ4v) is 1.04. The Hall–Kier alpha value is -0.780. The molecule has 0 saturated carbocycles. The average molecular weight is 242 g/mol. The number of hydrogen-bond donors (Lipinski definition) is 0. The molecular weight excluding hydrogens is 225 g/mol. The molecule has 0 spiro atoms. The predicted molar refractivity (Wildman–Crippen MR) is 52.0 cm³/mol. The van der Waals surface area contributed by atoms with E-state index in [-0.39, 0.29) is 19.3 Å². The van der Waals surface area contributed by atoms with Gasteiger partial charge in [0.2, 0.25) is 0 Å². The highest BCUT2D eigenvalue weighted by Gasteiger charge is 2.40. The molecular formula is C10H17F3O3. The first-order valence-electron chi connectivity index (χ1n) is 5.23. The van der Waals surface area contributed by atoms with Gasteiger partial charge in [0, 0.05) is 0 Å². The maximum atomic E-state index is 11.7. The van der Waals surface area contributed by atoms with Crippen molar-refractivity contribution in [2.45, 2.75) is 45.4 Å². The summed E-state index contributed by atoms with van der Waals surface area (Å²) in [6, 6.07) is 0. The van der Waals surface area contributed by atoms with Crippen molar-refractivity contribution in [1.82, 2.24) is 0 Å². The SMILES string of the molecule is CCCCC(C)OCCOC(=O)C(F)(F)F. The van der Waals surface area contributed by atoms with Crippen LogP contribution in [0.1, 0.15) is 33.1 Å². The second-order valence-electron chi connectivity index (χ2n) is 3.46. The molecule has 0 aliphatic carbocycles. The minimum absolute atomic E-state index is 0.00724. The van der Waals surface area contributed by atoms with E-state index < -0.39 is 12.1 Å². The highest BCUT2D eigenvalue weighted by atomic mass is 19.4. The lowest BCUT2D eigenvalue weighted by atomic mass is 10.2. The molecule has 96 valence electrons. The molecule has 6 heteroatoms. The van der Waals surface area contributed by atoms with Gasteiger partial charge < -0.3 is 9.47 Å². The molecule has 0 aliphatic rings. The van der Waals surface area contributed by atoms with Crippen molar-refractivity contribution in [1.29, 1.82) is 0 Å². The number of carbonyl (C=O) groups is 1. The van der Waals surface area contributed by atoms with Crippen molar-refractivity contribution >= 4 is 5.97 Å². The Labute approximate surface area is 92.9 Å². The zero-order valence-electron chi connectivity index (χ0n) is 9.47. The lowest BCUT2D eigenvalue weighted by Crippen LogP contribution is -2.27.